The molecule has 2 N–H and O–H groups in total. The van der Waals surface area contributed by atoms with Gasteiger partial charge in [0.25, 0.3) is 0 Å². The summed E-state index contributed by atoms with van der Waals surface area (Å²) in [6.45, 7) is 6.44. The molecule has 2 rings (SSSR count). The summed E-state index contributed by atoms with van der Waals surface area (Å²) in [7, 11) is -3.66. The Morgan fingerprint density at radius 2 is 1.91 bits per heavy atom. The van der Waals surface area contributed by atoms with E-state index in [0.717, 1.165) is 6.42 Å². The Morgan fingerprint density at radius 3 is 2.41 bits per heavy atom. The Kier molecular flexibility index (Phi) is 4.63. The molecule has 1 fully saturated rings. The van der Waals surface area contributed by atoms with E-state index in [9.17, 15) is 13.2 Å². The number of rotatable bonds is 5. The molecule has 0 saturated carbocycles. The first kappa shape index (κ1) is 17.0. The van der Waals surface area contributed by atoms with Crippen molar-refractivity contribution in [3.63, 3.8) is 0 Å². The molecule has 5 nitrogen and oxygen atoms in total. The summed E-state index contributed by atoms with van der Waals surface area (Å²) in [5, 5.41) is 4.40. The van der Waals surface area contributed by atoms with Crippen LogP contribution in [0.5, 0.6) is 0 Å². The van der Waals surface area contributed by atoms with Crippen molar-refractivity contribution in [2.75, 3.05) is 6.54 Å². The molecule has 0 aliphatic carbocycles. The maximum absolute atomic E-state index is 12.1. The fraction of sp³-hybridized carbons (Fsp3) is 0.562. The van der Waals surface area contributed by atoms with Gasteiger partial charge in [-0.15, -0.1) is 0 Å². The van der Waals surface area contributed by atoms with Crippen molar-refractivity contribution >= 4 is 15.9 Å². The molecular formula is C16H24N2O3S. The van der Waals surface area contributed by atoms with Crippen molar-refractivity contribution in [1.82, 2.24) is 4.90 Å². The van der Waals surface area contributed by atoms with Gasteiger partial charge in [0.1, 0.15) is 5.25 Å². The first-order valence-corrected chi connectivity index (χ1v) is 9.09. The molecule has 1 aliphatic heterocycles. The zero-order valence-electron chi connectivity index (χ0n) is 13.3. The molecule has 1 aromatic carbocycles. The minimum Gasteiger partial charge on any atom is -0.339 e. The topological polar surface area (TPSA) is 80.5 Å². The Hall–Kier alpha value is -1.40. The van der Waals surface area contributed by atoms with Gasteiger partial charge in [-0.05, 0) is 24.3 Å². The Labute approximate surface area is 132 Å². The standard InChI is InChI=1S/C16H24N2O3S/c1-12(10-16(2,3)13-7-5-4-6-8-13)18-11-14(9-15(18)19)22(17,20)21/h4-8,12,14H,9-11H2,1-3H3,(H2,17,20,21). The third-order valence-electron chi connectivity index (χ3n) is 4.48. The van der Waals surface area contributed by atoms with Crippen molar-refractivity contribution in [2.45, 2.75) is 50.3 Å². The van der Waals surface area contributed by atoms with Crippen LogP contribution in [-0.2, 0) is 20.2 Å². The molecule has 22 heavy (non-hydrogen) atoms. The van der Waals surface area contributed by atoms with Crippen LogP contribution in [0, 0.1) is 0 Å². The first-order valence-electron chi connectivity index (χ1n) is 7.48. The number of nitrogens with two attached hydrogens (primary N) is 1. The highest BCUT2D eigenvalue weighted by Crippen LogP contribution is 2.31. The first-order chi connectivity index (χ1) is 10.1. The van der Waals surface area contributed by atoms with E-state index in [2.05, 4.69) is 26.0 Å². The second kappa shape index (κ2) is 6.01. The van der Waals surface area contributed by atoms with Crippen molar-refractivity contribution in [2.24, 2.45) is 5.14 Å². The molecule has 1 saturated heterocycles. The van der Waals surface area contributed by atoms with Gasteiger partial charge in [-0.3, -0.25) is 4.79 Å². The minimum atomic E-state index is -3.66. The highest BCUT2D eigenvalue weighted by molar-refractivity contribution is 7.89. The van der Waals surface area contributed by atoms with Crippen LogP contribution in [0.25, 0.3) is 0 Å². The predicted molar refractivity (Wildman–Crippen MR) is 86.8 cm³/mol. The van der Waals surface area contributed by atoms with Gasteiger partial charge in [-0.1, -0.05) is 44.2 Å². The van der Waals surface area contributed by atoms with Crippen LogP contribution in [0.15, 0.2) is 30.3 Å². The second-order valence-corrected chi connectivity index (χ2v) is 8.61. The van der Waals surface area contributed by atoms with E-state index in [4.69, 9.17) is 5.14 Å². The number of hydrogen-bond acceptors (Lipinski definition) is 3. The third-order valence-corrected chi connectivity index (χ3v) is 5.73. The van der Waals surface area contributed by atoms with Gasteiger partial charge >= 0.3 is 0 Å². The molecule has 1 aliphatic rings. The summed E-state index contributed by atoms with van der Waals surface area (Å²) < 4.78 is 22.9. The van der Waals surface area contributed by atoms with Gasteiger partial charge in [0.2, 0.25) is 15.9 Å². The van der Waals surface area contributed by atoms with E-state index in [1.54, 1.807) is 4.90 Å². The van der Waals surface area contributed by atoms with Crippen molar-refractivity contribution < 1.29 is 13.2 Å². The molecule has 122 valence electrons. The second-order valence-electron chi connectivity index (χ2n) is 6.76. The van der Waals surface area contributed by atoms with Gasteiger partial charge in [-0.25, -0.2) is 13.6 Å². The van der Waals surface area contributed by atoms with Crippen LogP contribution in [0.1, 0.15) is 39.2 Å². The van der Waals surface area contributed by atoms with Crippen LogP contribution in [0.2, 0.25) is 0 Å². The molecule has 2 unspecified atom stereocenters. The fourth-order valence-electron chi connectivity index (χ4n) is 3.20. The smallest absolute Gasteiger partial charge is 0.224 e. The molecule has 6 heteroatoms. The number of benzene rings is 1. The van der Waals surface area contributed by atoms with E-state index < -0.39 is 15.3 Å². The summed E-state index contributed by atoms with van der Waals surface area (Å²) in [6, 6.07) is 10.1. The lowest BCUT2D eigenvalue weighted by Gasteiger charge is -2.33. The Balaban J connectivity index is 2.09. The molecule has 0 aromatic heterocycles. The molecule has 1 amide bonds. The Morgan fingerprint density at radius 1 is 1.32 bits per heavy atom. The number of primary sulfonamides is 1. The molecule has 1 aromatic rings. The van der Waals surface area contributed by atoms with E-state index in [1.807, 2.05) is 25.1 Å². The number of sulfonamides is 1. The lowest BCUT2D eigenvalue weighted by atomic mass is 9.79. The van der Waals surface area contributed by atoms with Crippen LogP contribution >= 0.6 is 0 Å². The van der Waals surface area contributed by atoms with Crippen LogP contribution in [-0.4, -0.2) is 37.1 Å². The minimum absolute atomic E-state index is 0.00502. The zero-order chi connectivity index (χ0) is 16.5. The van der Waals surface area contributed by atoms with E-state index >= 15 is 0 Å². The average Bonchev–Trinajstić information content (AvgIpc) is 2.81. The summed E-state index contributed by atoms with van der Waals surface area (Å²) >= 11 is 0. The largest absolute Gasteiger partial charge is 0.339 e. The lowest BCUT2D eigenvalue weighted by molar-refractivity contribution is -0.129. The molecule has 0 radical (unpaired) electrons. The number of likely N-dealkylation sites (tertiary alicyclic amines) is 1. The number of carbonyl (C=O) groups excluding carboxylic acids is 1. The summed E-state index contributed by atoms with van der Waals surface area (Å²) in [5.41, 5.74) is 1.11. The SMILES string of the molecule is CC(CC(C)(C)c1ccccc1)N1CC(S(N)(=O)=O)CC1=O. The summed E-state index contributed by atoms with van der Waals surface area (Å²) in [5.74, 6) is -0.129. The maximum atomic E-state index is 12.1. The van der Waals surface area contributed by atoms with Gasteiger partial charge in [-0.2, -0.15) is 0 Å². The van der Waals surface area contributed by atoms with Gasteiger partial charge < -0.3 is 4.90 Å². The predicted octanol–water partition coefficient (Wildman–Crippen LogP) is 1.63. The molecule has 0 bridgehead atoms. The van der Waals surface area contributed by atoms with E-state index in [0.29, 0.717) is 0 Å². The number of hydrogen-bond donors (Lipinski definition) is 1. The lowest BCUT2D eigenvalue weighted by Crippen LogP contribution is -2.40. The highest BCUT2D eigenvalue weighted by Gasteiger charge is 2.39. The third kappa shape index (κ3) is 3.67. The van der Waals surface area contributed by atoms with Crippen LogP contribution in [0.3, 0.4) is 0 Å². The molecule has 2 atom stereocenters. The number of amides is 1. The van der Waals surface area contributed by atoms with Crippen molar-refractivity contribution in [1.29, 1.82) is 0 Å². The highest BCUT2D eigenvalue weighted by atomic mass is 32.2. The molecular weight excluding hydrogens is 300 g/mol. The maximum Gasteiger partial charge on any atom is 0.224 e. The van der Waals surface area contributed by atoms with Gasteiger partial charge in [0.05, 0.1) is 0 Å². The van der Waals surface area contributed by atoms with Gasteiger partial charge in [0.15, 0.2) is 0 Å². The average molecular weight is 324 g/mol. The number of nitrogens with zero attached hydrogens (tertiary/aromatic N) is 1. The van der Waals surface area contributed by atoms with Gasteiger partial charge in [0, 0.05) is 19.0 Å². The Bertz CT molecular complexity index is 641. The summed E-state index contributed by atoms with van der Waals surface area (Å²) in [4.78, 5) is 13.8. The number of carbonyl (C=O) groups is 1. The van der Waals surface area contributed by atoms with Crippen molar-refractivity contribution in [3.8, 4) is 0 Å². The van der Waals surface area contributed by atoms with Crippen LogP contribution < -0.4 is 5.14 Å². The molecule has 0 spiro atoms. The normalized spacial score (nSPS) is 21.2. The van der Waals surface area contributed by atoms with Crippen molar-refractivity contribution in [3.05, 3.63) is 35.9 Å². The van der Waals surface area contributed by atoms with E-state index in [-0.39, 0.29) is 30.3 Å². The summed E-state index contributed by atoms with van der Waals surface area (Å²) in [6.07, 6.45) is 0.759. The molecule has 1 heterocycles. The van der Waals surface area contributed by atoms with Crippen LogP contribution in [0.4, 0.5) is 0 Å². The quantitative estimate of drug-likeness (QED) is 0.894. The van der Waals surface area contributed by atoms with E-state index in [1.165, 1.54) is 5.56 Å². The monoisotopic (exact) mass is 324 g/mol. The fourth-order valence-corrected chi connectivity index (χ4v) is 3.94. The zero-order valence-corrected chi connectivity index (χ0v) is 14.1.